The zero-order chi connectivity index (χ0) is 8.54. The third kappa shape index (κ3) is 1.78. The zero-order valence-electron chi connectivity index (χ0n) is 5.80. The van der Waals surface area contributed by atoms with Crippen molar-refractivity contribution in [2.24, 2.45) is 10.8 Å². The van der Waals surface area contributed by atoms with E-state index in [4.69, 9.17) is 11.3 Å². The lowest BCUT2D eigenvalue weighted by molar-refractivity contribution is -0.118. The molecule has 11 heavy (non-hydrogen) atoms. The summed E-state index contributed by atoms with van der Waals surface area (Å²) < 4.78 is 24.5. The van der Waals surface area contributed by atoms with E-state index < -0.39 is 11.5 Å². The van der Waals surface area contributed by atoms with Gasteiger partial charge in [-0.25, -0.2) is 8.78 Å². The number of rotatable bonds is 2. The second kappa shape index (κ2) is 2.32. The van der Waals surface area contributed by atoms with Crippen LogP contribution in [0.4, 0.5) is 8.78 Å². The maximum absolute atomic E-state index is 12.2. The Balaban J connectivity index is 2.43. The Labute approximate surface area is 62.0 Å². The molecule has 0 spiro atoms. The predicted octanol–water partition coefficient (Wildman–Crippen LogP) is 1.42. The number of hydrogen-bond acceptors (Lipinski definition) is 2. The van der Waals surface area contributed by atoms with Crippen LogP contribution in [0.25, 0.3) is 10.4 Å². The van der Waals surface area contributed by atoms with Gasteiger partial charge in [0, 0.05) is 29.8 Å². The lowest BCUT2D eigenvalue weighted by atomic mass is 9.74. The number of alkyl halides is 2. The van der Waals surface area contributed by atoms with Gasteiger partial charge < -0.3 is 5.73 Å². The van der Waals surface area contributed by atoms with Crippen molar-refractivity contribution in [1.29, 1.82) is 0 Å². The molecule has 1 aliphatic carbocycles. The summed E-state index contributed by atoms with van der Waals surface area (Å²) in [4.78, 5) is 2.45. The minimum Gasteiger partial charge on any atom is -0.325 e. The summed E-state index contributed by atoms with van der Waals surface area (Å²) in [5.74, 6) is -2.65. The van der Waals surface area contributed by atoms with Crippen molar-refractivity contribution in [3.8, 4) is 0 Å². The molecule has 4 nitrogen and oxygen atoms in total. The minimum absolute atomic E-state index is 0.0426. The Bertz CT molecular complexity index is 201. The van der Waals surface area contributed by atoms with Gasteiger partial charge in [0.05, 0.1) is 0 Å². The monoisotopic (exact) mass is 162 g/mol. The molecule has 1 saturated carbocycles. The molecule has 0 unspecified atom stereocenters. The Morgan fingerprint density at radius 2 is 2.09 bits per heavy atom. The highest BCUT2D eigenvalue weighted by molar-refractivity contribution is 5.04. The lowest BCUT2D eigenvalue weighted by Gasteiger charge is -2.43. The first-order valence-corrected chi connectivity index (χ1v) is 3.15. The molecule has 6 heteroatoms. The molecule has 0 aromatic heterocycles. The van der Waals surface area contributed by atoms with E-state index in [-0.39, 0.29) is 19.4 Å². The molecule has 0 aromatic rings. The second-order valence-corrected chi connectivity index (χ2v) is 2.96. The smallest absolute Gasteiger partial charge is 0.251 e. The highest BCUT2D eigenvalue weighted by atomic mass is 19.3. The van der Waals surface area contributed by atoms with E-state index in [0.717, 1.165) is 0 Å². The van der Waals surface area contributed by atoms with Crippen LogP contribution in [0.2, 0.25) is 0 Å². The third-order valence-corrected chi connectivity index (χ3v) is 1.67. The normalized spacial score (nSPS) is 25.0. The van der Waals surface area contributed by atoms with Gasteiger partial charge in [-0.15, -0.1) is 0 Å². The summed E-state index contributed by atoms with van der Waals surface area (Å²) in [6.45, 7) is -0.0426. The van der Waals surface area contributed by atoms with Gasteiger partial charge in [-0.2, -0.15) is 0 Å². The molecule has 1 fully saturated rings. The number of halogens is 2. The molecule has 0 bridgehead atoms. The van der Waals surface area contributed by atoms with Crippen molar-refractivity contribution in [2.75, 3.05) is 6.54 Å². The van der Waals surface area contributed by atoms with Crippen LogP contribution in [-0.4, -0.2) is 18.0 Å². The molecule has 0 heterocycles. The quantitative estimate of drug-likeness (QED) is 0.372. The van der Waals surface area contributed by atoms with Gasteiger partial charge >= 0.3 is 0 Å². The van der Waals surface area contributed by atoms with Crippen molar-refractivity contribution < 1.29 is 8.78 Å². The van der Waals surface area contributed by atoms with Crippen LogP contribution in [0.3, 0.4) is 0 Å². The molecule has 2 N–H and O–H groups in total. The molecular weight excluding hydrogens is 154 g/mol. The molecule has 1 aliphatic rings. The first kappa shape index (κ1) is 8.23. The zero-order valence-corrected chi connectivity index (χ0v) is 5.80. The van der Waals surface area contributed by atoms with Gasteiger partial charge in [-0.3, -0.25) is 0 Å². The fourth-order valence-corrected chi connectivity index (χ4v) is 1.26. The Kier molecular flexibility index (Phi) is 1.74. The number of azide groups is 1. The van der Waals surface area contributed by atoms with Crippen LogP contribution in [-0.2, 0) is 0 Å². The average Bonchev–Trinajstić information content (AvgIpc) is 1.79. The Morgan fingerprint density at radius 3 is 2.45 bits per heavy atom. The largest absolute Gasteiger partial charge is 0.325 e. The molecule has 0 amide bonds. The van der Waals surface area contributed by atoms with E-state index in [0.29, 0.717) is 0 Å². The van der Waals surface area contributed by atoms with Crippen molar-refractivity contribution in [2.45, 2.75) is 24.3 Å². The summed E-state index contributed by atoms with van der Waals surface area (Å²) >= 11 is 0. The van der Waals surface area contributed by atoms with E-state index in [1.807, 2.05) is 0 Å². The van der Waals surface area contributed by atoms with Crippen molar-refractivity contribution in [1.82, 2.24) is 0 Å². The molecular formula is C5H8F2N4. The van der Waals surface area contributed by atoms with Gasteiger partial charge in [0.2, 0.25) is 0 Å². The maximum atomic E-state index is 12.2. The fourth-order valence-electron chi connectivity index (χ4n) is 1.26. The van der Waals surface area contributed by atoms with Crippen LogP contribution in [0.1, 0.15) is 12.8 Å². The summed E-state index contributed by atoms with van der Waals surface area (Å²) in [7, 11) is 0. The van der Waals surface area contributed by atoms with Crippen molar-refractivity contribution >= 4 is 0 Å². The van der Waals surface area contributed by atoms with Crippen molar-refractivity contribution in [3.05, 3.63) is 10.4 Å². The summed E-state index contributed by atoms with van der Waals surface area (Å²) in [5, 5.41) is 3.15. The van der Waals surface area contributed by atoms with Crippen LogP contribution in [0.5, 0.6) is 0 Å². The van der Waals surface area contributed by atoms with Gasteiger partial charge in [-0.05, 0) is 5.53 Å². The Hall–Kier alpha value is -0.870. The first-order valence-electron chi connectivity index (χ1n) is 3.15. The van der Waals surface area contributed by atoms with E-state index >= 15 is 0 Å². The van der Waals surface area contributed by atoms with Gasteiger partial charge in [0.15, 0.2) is 0 Å². The SMILES string of the molecule is [N-]=[N+]=NCC1(N)CC(F)(F)C1. The molecule has 0 saturated heterocycles. The van der Waals surface area contributed by atoms with E-state index in [2.05, 4.69) is 10.0 Å². The molecule has 62 valence electrons. The van der Waals surface area contributed by atoms with Crippen LogP contribution in [0.15, 0.2) is 5.11 Å². The first-order chi connectivity index (χ1) is 4.97. The molecule has 1 rings (SSSR count). The molecule has 0 aliphatic heterocycles. The molecule has 0 radical (unpaired) electrons. The lowest BCUT2D eigenvalue weighted by Crippen LogP contribution is -2.60. The van der Waals surface area contributed by atoms with Crippen LogP contribution >= 0.6 is 0 Å². The van der Waals surface area contributed by atoms with E-state index in [1.165, 1.54) is 0 Å². The topological polar surface area (TPSA) is 74.8 Å². The number of nitrogens with two attached hydrogens (primary N) is 1. The minimum atomic E-state index is -2.65. The number of nitrogens with zero attached hydrogens (tertiary/aromatic N) is 3. The highest BCUT2D eigenvalue weighted by Gasteiger charge is 2.53. The van der Waals surface area contributed by atoms with Gasteiger partial charge in [0.1, 0.15) is 0 Å². The predicted molar refractivity (Wildman–Crippen MR) is 35.1 cm³/mol. The fraction of sp³-hybridized carbons (Fsp3) is 1.00. The summed E-state index contributed by atoms with van der Waals surface area (Å²) in [6.07, 6.45) is -0.752. The third-order valence-electron chi connectivity index (χ3n) is 1.67. The van der Waals surface area contributed by atoms with E-state index in [1.54, 1.807) is 0 Å². The van der Waals surface area contributed by atoms with Crippen molar-refractivity contribution in [3.63, 3.8) is 0 Å². The van der Waals surface area contributed by atoms with Crippen LogP contribution < -0.4 is 5.73 Å². The molecule has 0 aromatic carbocycles. The number of hydrogen-bond donors (Lipinski definition) is 1. The summed E-state index contributed by atoms with van der Waals surface area (Å²) in [5.41, 5.74) is 12.4. The summed E-state index contributed by atoms with van der Waals surface area (Å²) in [6, 6.07) is 0. The Morgan fingerprint density at radius 1 is 1.55 bits per heavy atom. The van der Waals surface area contributed by atoms with Gasteiger partial charge in [-0.1, -0.05) is 5.11 Å². The standard InChI is InChI=1S/C5H8F2N4/c6-5(7)1-4(8,2-5)3-10-11-9/h1-3,8H2. The van der Waals surface area contributed by atoms with Crippen LogP contribution in [0, 0.1) is 0 Å². The van der Waals surface area contributed by atoms with E-state index in [9.17, 15) is 8.78 Å². The second-order valence-electron chi connectivity index (χ2n) is 2.96. The molecule has 0 atom stereocenters. The highest BCUT2D eigenvalue weighted by Crippen LogP contribution is 2.43. The maximum Gasteiger partial charge on any atom is 0.251 e. The average molecular weight is 162 g/mol. The van der Waals surface area contributed by atoms with Gasteiger partial charge in [0.25, 0.3) is 5.92 Å².